The lowest BCUT2D eigenvalue weighted by Gasteiger charge is -2.30. The molecule has 1 N–H and O–H groups in total. The third kappa shape index (κ3) is 3.52. The van der Waals surface area contributed by atoms with Crippen LogP contribution in [-0.2, 0) is 6.54 Å². The Hall–Kier alpha value is -1.53. The largest absolute Gasteiger partial charge is 0.371 e. The summed E-state index contributed by atoms with van der Waals surface area (Å²) in [7, 11) is 4.07. The SMILES string of the molecule is CNCc1ccc(N(C)C2CCCCCC2)c(C#N)c1. The first-order chi connectivity index (χ1) is 9.76. The second-order valence-corrected chi connectivity index (χ2v) is 5.75. The van der Waals surface area contributed by atoms with E-state index in [2.05, 4.69) is 35.5 Å². The van der Waals surface area contributed by atoms with Crippen LogP contribution in [0, 0.1) is 11.3 Å². The van der Waals surface area contributed by atoms with E-state index in [1.165, 1.54) is 44.1 Å². The summed E-state index contributed by atoms with van der Waals surface area (Å²) in [5.41, 5.74) is 3.05. The van der Waals surface area contributed by atoms with E-state index in [1.807, 2.05) is 13.1 Å². The maximum atomic E-state index is 9.42. The van der Waals surface area contributed by atoms with Crippen molar-refractivity contribution in [2.24, 2.45) is 0 Å². The highest BCUT2D eigenvalue weighted by Crippen LogP contribution is 2.28. The molecule has 0 bridgehead atoms. The predicted molar refractivity (Wildman–Crippen MR) is 83.8 cm³/mol. The molecule has 108 valence electrons. The molecule has 0 spiro atoms. The molecule has 2 rings (SSSR count). The highest BCUT2D eigenvalue weighted by atomic mass is 15.1. The van der Waals surface area contributed by atoms with E-state index in [9.17, 15) is 5.26 Å². The van der Waals surface area contributed by atoms with Crippen molar-refractivity contribution in [1.82, 2.24) is 5.32 Å². The van der Waals surface area contributed by atoms with Gasteiger partial charge in [-0.15, -0.1) is 0 Å². The Balaban J connectivity index is 2.20. The molecule has 0 unspecified atom stereocenters. The second kappa shape index (κ2) is 7.31. The quantitative estimate of drug-likeness (QED) is 0.853. The molecule has 3 nitrogen and oxygen atoms in total. The molecule has 0 aliphatic heterocycles. The molecule has 1 saturated carbocycles. The topological polar surface area (TPSA) is 39.1 Å². The second-order valence-electron chi connectivity index (χ2n) is 5.75. The van der Waals surface area contributed by atoms with Crippen molar-refractivity contribution in [1.29, 1.82) is 5.26 Å². The number of hydrogen-bond acceptors (Lipinski definition) is 3. The Morgan fingerprint density at radius 3 is 2.55 bits per heavy atom. The van der Waals surface area contributed by atoms with Gasteiger partial charge in [-0.3, -0.25) is 0 Å². The first-order valence-corrected chi connectivity index (χ1v) is 7.66. The summed E-state index contributed by atoms with van der Waals surface area (Å²) in [5, 5.41) is 12.5. The van der Waals surface area contributed by atoms with E-state index in [1.54, 1.807) is 0 Å². The minimum absolute atomic E-state index is 0.583. The van der Waals surface area contributed by atoms with Crippen LogP contribution in [-0.4, -0.2) is 20.1 Å². The molecule has 3 heteroatoms. The summed E-state index contributed by atoms with van der Waals surface area (Å²) < 4.78 is 0. The maximum absolute atomic E-state index is 9.42. The van der Waals surface area contributed by atoms with Crippen molar-refractivity contribution in [2.45, 2.75) is 51.1 Å². The Labute approximate surface area is 122 Å². The number of nitrogens with zero attached hydrogens (tertiary/aromatic N) is 2. The normalized spacial score (nSPS) is 16.4. The average Bonchev–Trinajstić information content (AvgIpc) is 2.76. The molecule has 20 heavy (non-hydrogen) atoms. The third-order valence-electron chi connectivity index (χ3n) is 4.31. The summed E-state index contributed by atoms with van der Waals surface area (Å²) >= 11 is 0. The standard InChI is InChI=1S/C17H25N3/c1-19-13-14-9-10-17(15(11-14)12-18)20(2)16-7-5-3-4-6-8-16/h9-11,16,19H,3-8,13H2,1-2H3. The molecule has 1 aromatic rings. The van der Waals surface area contributed by atoms with Crippen LogP contribution in [0.1, 0.15) is 49.7 Å². The molecule has 0 amide bonds. The number of nitriles is 1. The summed E-state index contributed by atoms with van der Waals surface area (Å²) in [6.45, 7) is 0.808. The fourth-order valence-electron chi connectivity index (χ4n) is 3.14. The lowest BCUT2D eigenvalue weighted by atomic mass is 10.0. The lowest BCUT2D eigenvalue weighted by molar-refractivity contribution is 0.552. The minimum Gasteiger partial charge on any atom is -0.371 e. The van der Waals surface area contributed by atoms with Gasteiger partial charge in [0.25, 0.3) is 0 Å². The van der Waals surface area contributed by atoms with Gasteiger partial charge in [0.15, 0.2) is 0 Å². The molecule has 1 aromatic carbocycles. The molecule has 0 saturated heterocycles. The van der Waals surface area contributed by atoms with Crippen molar-refractivity contribution in [2.75, 3.05) is 19.0 Å². The number of rotatable bonds is 4. The fourth-order valence-corrected chi connectivity index (χ4v) is 3.14. The molecule has 1 aliphatic rings. The van der Waals surface area contributed by atoms with Gasteiger partial charge >= 0.3 is 0 Å². The molecule has 0 radical (unpaired) electrons. The van der Waals surface area contributed by atoms with Crippen LogP contribution in [0.5, 0.6) is 0 Å². The zero-order valence-corrected chi connectivity index (χ0v) is 12.7. The lowest BCUT2D eigenvalue weighted by Crippen LogP contribution is -2.31. The van der Waals surface area contributed by atoms with Gasteiger partial charge in [-0.2, -0.15) is 5.26 Å². The molecule has 0 atom stereocenters. The minimum atomic E-state index is 0.583. The first kappa shape index (κ1) is 14.9. The van der Waals surface area contributed by atoms with Gasteiger partial charge in [0, 0.05) is 19.6 Å². The number of anilines is 1. The Morgan fingerprint density at radius 1 is 1.25 bits per heavy atom. The fraction of sp³-hybridized carbons (Fsp3) is 0.588. The van der Waals surface area contributed by atoms with E-state index in [4.69, 9.17) is 0 Å². The summed E-state index contributed by atoms with van der Waals surface area (Å²) in [5.74, 6) is 0. The Kier molecular flexibility index (Phi) is 5.43. The van der Waals surface area contributed by atoms with Gasteiger partial charge in [-0.25, -0.2) is 0 Å². The molecule has 0 heterocycles. The Morgan fingerprint density at radius 2 is 1.95 bits per heavy atom. The first-order valence-electron chi connectivity index (χ1n) is 7.66. The summed E-state index contributed by atoms with van der Waals surface area (Å²) in [4.78, 5) is 2.33. The molecular formula is C17H25N3. The summed E-state index contributed by atoms with van der Waals surface area (Å²) in [6, 6.07) is 9.19. The van der Waals surface area contributed by atoms with Gasteiger partial charge in [0.1, 0.15) is 6.07 Å². The zero-order chi connectivity index (χ0) is 14.4. The smallest absolute Gasteiger partial charge is 0.101 e. The maximum Gasteiger partial charge on any atom is 0.101 e. The van der Waals surface area contributed by atoms with Crippen molar-refractivity contribution in [3.8, 4) is 6.07 Å². The van der Waals surface area contributed by atoms with Crippen LogP contribution in [0.15, 0.2) is 18.2 Å². The highest BCUT2D eigenvalue weighted by Gasteiger charge is 2.19. The van der Waals surface area contributed by atoms with Gasteiger partial charge < -0.3 is 10.2 Å². The van der Waals surface area contributed by atoms with Gasteiger partial charge in [0.05, 0.1) is 11.3 Å². The van der Waals surface area contributed by atoms with E-state index < -0.39 is 0 Å². The summed E-state index contributed by atoms with van der Waals surface area (Å²) in [6.07, 6.45) is 7.84. The van der Waals surface area contributed by atoms with Crippen LogP contribution < -0.4 is 10.2 Å². The molecule has 0 aromatic heterocycles. The van der Waals surface area contributed by atoms with E-state index in [-0.39, 0.29) is 0 Å². The number of hydrogen-bond donors (Lipinski definition) is 1. The highest BCUT2D eigenvalue weighted by molar-refractivity contribution is 5.60. The van der Waals surface area contributed by atoms with Gasteiger partial charge in [-0.1, -0.05) is 31.7 Å². The van der Waals surface area contributed by atoms with E-state index >= 15 is 0 Å². The van der Waals surface area contributed by atoms with Crippen LogP contribution >= 0.6 is 0 Å². The van der Waals surface area contributed by atoms with E-state index in [0.717, 1.165) is 17.8 Å². The molecule has 1 fully saturated rings. The average molecular weight is 271 g/mol. The third-order valence-corrected chi connectivity index (χ3v) is 4.31. The van der Waals surface area contributed by atoms with Crippen LogP contribution in [0.4, 0.5) is 5.69 Å². The van der Waals surface area contributed by atoms with Crippen molar-refractivity contribution in [3.05, 3.63) is 29.3 Å². The number of nitrogens with one attached hydrogen (secondary N) is 1. The van der Waals surface area contributed by atoms with Gasteiger partial charge in [0.2, 0.25) is 0 Å². The zero-order valence-electron chi connectivity index (χ0n) is 12.7. The molecule has 1 aliphatic carbocycles. The predicted octanol–water partition coefficient (Wildman–Crippen LogP) is 3.44. The van der Waals surface area contributed by atoms with Gasteiger partial charge in [-0.05, 0) is 37.6 Å². The van der Waals surface area contributed by atoms with Crippen molar-refractivity contribution < 1.29 is 0 Å². The number of benzene rings is 1. The monoisotopic (exact) mass is 271 g/mol. The van der Waals surface area contributed by atoms with Crippen LogP contribution in [0.3, 0.4) is 0 Å². The Bertz CT molecular complexity index is 468. The van der Waals surface area contributed by atoms with Crippen molar-refractivity contribution >= 4 is 5.69 Å². The van der Waals surface area contributed by atoms with Crippen LogP contribution in [0.25, 0.3) is 0 Å². The van der Waals surface area contributed by atoms with Crippen molar-refractivity contribution in [3.63, 3.8) is 0 Å². The van der Waals surface area contributed by atoms with Crippen LogP contribution in [0.2, 0.25) is 0 Å². The molecular weight excluding hydrogens is 246 g/mol. The van der Waals surface area contributed by atoms with E-state index in [0.29, 0.717) is 6.04 Å².